The summed E-state index contributed by atoms with van der Waals surface area (Å²) in [6.45, 7) is 5.27. The zero-order valence-corrected chi connectivity index (χ0v) is 15.0. The van der Waals surface area contributed by atoms with E-state index >= 15 is 0 Å². The van der Waals surface area contributed by atoms with Crippen molar-refractivity contribution in [1.29, 1.82) is 0 Å². The van der Waals surface area contributed by atoms with E-state index in [9.17, 15) is 8.42 Å². The van der Waals surface area contributed by atoms with E-state index in [0.29, 0.717) is 23.9 Å². The molecule has 2 rings (SSSR count). The van der Waals surface area contributed by atoms with E-state index in [0.717, 1.165) is 25.7 Å². The molecule has 1 fully saturated rings. The lowest BCUT2D eigenvalue weighted by atomic mass is 9.92. The van der Waals surface area contributed by atoms with Gasteiger partial charge in [0, 0.05) is 19.1 Å². The Hall–Kier alpha value is -0.620. The summed E-state index contributed by atoms with van der Waals surface area (Å²) in [4.78, 5) is 0.404. The molecule has 0 amide bonds. The van der Waals surface area contributed by atoms with Crippen LogP contribution in [0, 0.1) is 5.92 Å². The fourth-order valence-electron chi connectivity index (χ4n) is 2.91. The van der Waals surface area contributed by atoms with Crippen LogP contribution in [0.2, 0.25) is 0 Å². The lowest BCUT2D eigenvalue weighted by molar-refractivity contribution is 0.250. The lowest BCUT2D eigenvalue weighted by Crippen LogP contribution is -2.42. The number of aryl methyl sites for hydroxylation is 1. The molecule has 1 atom stereocenters. The molecule has 0 radical (unpaired) electrons. The summed E-state index contributed by atoms with van der Waals surface area (Å²) in [7, 11) is -3.35. The van der Waals surface area contributed by atoms with Crippen LogP contribution >= 0.6 is 12.4 Å². The molecule has 1 aromatic rings. The minimum Gasteiger partial charge on any atom is -0.328 e. The topological polar surface area (TPSA) is 63.4 Å². The number of benzene rings is 1. The van der Waals surface area contributed by atoms with E-state index in [-0.39, 0.29) is 18.4 Å². The Balaban J connectivity index is 0.00000242. The van der Waals surface area contributed by atoms with Crippen molar-refractivity contribution in [2.45, 2.75) is 50.5 Å². The summed E-state index contributed by atoms with van der Waals surface area (Å²) in [6, 6.07) is 7.45. The van der Waals surface area contributed by atoms with E-state index in [1.165, 1.54) is 5.56 Å². The van der Waals surface area contributed by atoms with E-state index in [2.05, 4.69) is 6.92 Å². The van der Waals surface area contributed by atoms with Gasteiger partial charge in [0.1, 0.15) is 0 Å². The van der Waals surface area contributed by atoms with Crippen LogP contribution in [0.1, 0.15) is 38.7 Å². The van der Waals surface area contributed by atoms with Crippen molar-refractivity contribution in [2.75, 3.05) is 13.1 Å². The van der Waals surface area contributed by atoms with Crippen molar-refractivity contribution in [3.8, 4) is 0 Å². The molecule has 1 unspecified atom stereocenters. The Morgan fingerprint density at radius 3 is 2.23 bits per heavy atom. The molecule has 1 aliphatic rings. The van der Waals surface area contributed by atoms with Crippen LogP contribution in [0.25, 0.3) is 0 Å². The minimum absolute atomic E-state index is 0. The highest BCUT2D eigenvalue weighted by Crippen LogP contribution is 2.25. The number of hydrogen-bond donors (Lipinski definition) is 1. The quantitative estimate of drug-likeness (QED) is 0.891. The van der Waals surface area contributed by atoms with Crippen molar-refractivity contribution in [1.82, 2.24) is 4.31 Å². The zero-order chi connectivity index (χ0) is 15.5. The zero-order valence-electron chi connectivity index (χ0n) is 13.4. The Morgan fingerprint density at radius 2 is 1.77 bits per heavy atom. The van der Waals surface area contributed by atoms with Crippen molar-refractivity contribution < 1.29 is 8.42 Å². The number of piperidine rings is 1. The molecule has 1 aromatic carbocycles. The SMILES string of the molecule is CCCc1ccc(S(=O)(=O)N2CCC(C(C)N)CC2)cc1.Cl. The molecule has 22 heavy (non-hydrogen) atoms. The monoisotopic (exact) mass is 346 g/mol. The lowest BCUT2D eigenvalue weighted by Gasteiger charge is -2.32. The Bertz CT molecular complexity index is 550. The van der Waals surface area contributed by atoms with Gasteiger partial charge in [0.05, 0.1) is 4.90 Å². The average molecular weight is 347 g/mol. The van der Waals surface area contributed by atoms with Gasteiger partial charge < -0.3 is 5.73 Å². The van der Waals surface area contributed by atoms with Crippen molar-refractivity contribution in [2.24, 2.45) is 11.7 Å². The van der Waals surface area contributed by atoms with Gasteiger partial charge in [-0.2, -0.15) is 4.31 Å². The molecule has 4 nitrogen and oxygen atoms in total. The Kier molecular flexibility index (Phi) is 7.32. The molecule has 0 bridgehead atoms. The molecule has 6 heteroatoms. The molecule has 0 aliphatic carbocycles. The van der Waals surface area contributed by atoms with Gasteiger partial charge in [-0.25, -0.2) is 8.42 Å². The number of sulfonamides is 1. The first-order chi connectivity index (χ1) is 9.95. The van der Waals surface area contributed by atoms with Crippen LogP contribution in [-0.4, -0.2) is 31.9 Å². The molecule has 0 aromatic heterocycles. The van der Waals surface area contributed by atoms with Gasteiger partial charge in [0.15, 0.2) is 0 Å². The molecule has 1 heterocycles. The highest BCUT2D eigenvalue weighted by Gasteiger charge is 2.30. The van der Waals surface area contributed by atoms with Crippen molar-refractivity contribution >= 4 is 22.4 Å². The van der Waals surface area contributed by atoms with Crippen LogP contribution in [0.15, 0.2) is 29.2 Å². The van der Waals surface area contributed by atoms with Crippen molar-refractivity contribution in [3.05, 3.63) is 29.8 Å². The summed E-state index contributed by atoms with van der Waals surface area (Å²) in [6.07, 6.45) is 3.76. The van der Waals surface area contributed by atoms with E-state index < -0.39 is 10.0 Å². The number of halogens is 1. The summed E-state index contributed by atoms with van der Waals surface area (Å²) in [5.74, 6) is 0.434. The maximum Gasteiger partial charge on any atom is 0.243 e. The second-order valence-electron chi connectivity index (χ2n) is 5.99. The molecular weight excluding hydrogens is 320 g/mol. The summed E-state index contributed by atoms with van der Waals surface area (Å²) in [5, 5.41) is 0. The normalized spacial score (nSPS) is 18.7. The minimum atomic E-state index is -3.35. The summed E-state index contributed by atoms with van der Waals surface area (Å²) in [5.41, 5.74) is 7.10. The standard InChI is InChI=1S/C16H26N2O2S.ClH/c1-3-4-14-5-7-16(8-6-14)21(19,20)18-11-9-15(10-12-18)13(2)17;/h5-8,13,15H,3-4,9-12,17H2,1-2H3;1H. The van der Waals surface area contributed by atoms with Gasteiger partial charge in [-0.1, -0.05) is 25.5 Å². The molecule has 0 spiro atoms. The van der Waals surface area contributed by atoms with Crippen LogP contribution in [-0.2, 0) is 16.4 Å². The molecule has 126 valence electrons. The summed E-state index contributed by atoms with van der Waals surface area (Å²) < 4.78 is 26.9. The second kappa shape index (κ2) is 8.29. The third kappa shape index (κ3) is 4.44. The van der Waals surface area contributed by atoms with Gasteiger partial charge in [0.2, 0.25) is 10.0 Å². The molecule has 1 aliphatic heterocycles. The van der Waals surface area contributed by atoms with Gasteiger partial charge in [-0.05, 0) is 49.8 Å². The fourth-order valence-corrected chi connectivity index (χ4v) is 4.38. The van der Waals surface area contributed by atoms with Gasteiger partial charge in [-0.3, -0.25) is 0 Å². The second-order valence-corrected chi connectivity index (χ2v) is 7.93. The smallest absolute Gasteiger partial charge is 0.243 e. The maximum absolute atomic E-state index is 12.6. The highest BCUT2D eigenvalue weighted by atomic mass is 35.5. The number of nitrogens with zero attached hydrogens (tertiary/aromatic N) is 1. The van der Waals surface area contributed by atoms with E-state index in [1.54, 1.807) is 16.4 Å². The van der Waals surface area contributed by atoms with Crippen molar-refractivity contribution in [3.63, 3.8) is 0 Å². The van der Waals surface area contributed by atoms with Crippen LogP contribution in [0.5, 0.6) is 0 Å². The fraction of sp³-hybridized carbons (Fsp3) is 0.625. The maximum atomic E-state index is 12.6. The predicted octanol–water partition coefficient (Wildman–Crippen LogP) is 2.81. The average Bonchev–Trinajstić information content (AvgIpc) is 2.48. The largest absolute Gasteiger partial charge is 0.328 e. The summed E-state index contributed by atoms with van der Waals surface area (Å²) >= 11 is 0. The van der Waals surface area contributed by atoms with Crippen LogP contribution < -0.4 is 5.73 Å². The first-order valence-corrected chi connectivity index (χ1v) is 9.24. The Labute approximate surface area is 140 Å². The third-order valence-corrected chi connectivity index (χ3v) is 6.25. The van der Waals surface area contributed by atoms with Gasteiger partial charge >= 0.3 is 0 Å². The van der Waals surface area contributed by atoms with Gasteiger partial charge in [0.25, 0.3) is 0 Å². The number of nitrogens with two attached hydrogens (primary N) is 1. The number of hydrogen-bond acceptors (Lipinski definition) is 3. The molecule has 2 N–H and O–H groups in total. The number of rotatable bonds is 5. The van der Waals surface area contributed by atoms with Crippen LogP contribution in [0.4, 0.5) is 0 Å². The van der Waals surface area contributed by atoms with E-state index in [1.807, 2.05) is 19.1 Å². The highest BCUT2D eigenvalue weighted by molar-refractivity contribution is 7.89. The van der Waals surface area contributed by atoms with Crippen LogP contribution in [0.3, 0.4) is 0 Å². The Morgan fingerprint density at radius 1 is 1.23 bits per heavy atom. The molecular formula is C16H27ClN2O2S. The molecule has 1 saturated heterocycles. The third-order valence-electron chi connectivity index (χ3n) is 4.34. The van der Waals surface area contributed by atoms with E-state index in [4.69, 9.17) is 5.73 Å². The predicted molar refractivity (Wildman–Crippen MR) is 92.8 cm³/mol. The molecule has 0 saturated carbocycles. The van der Waals surface area contributed by atoms with Gasteiger partial charge in [-0.15, -0.1) is 12.4 Å². The first-order valence-electron chi connectivity index (χ1n) is 7.80. The first kappa shape index (κ1) is 19.4.